The van der Waals surface area contributed by atoms with Crippen molar-refractivity contribution in [1.82, 2.24) is 10.2 Å². The van der Waals surface area contributed by atoms with Crippen LogP contribution in [0.15, 0.2) is 18.2 Å². The lowest BCUT2D eigenvalue weighted by Gasteiger charge is -2.35. The summed E-state index contributed by atoms with van der Waals surface area (Å²) in [6, 6.07) is 5.01. The second-order valence-electron chi connectivity index (χ2n) is 8.25. The fraction of sp³-hybridized carbons (Fsp3) is 0.591. The Bertz CT molecular complexity index is 804. The molecule has 1 aromatic carbocycles. The summed E-state index contributed by atoms with van der Waals surface area (Å²) < 4.78 is 14.5. The number of halogens is 1. The van der Waals surface area contributed by atoms with Gasteiger partial charge in [0, 0.05) is 30.4 Å². The molecule has 0 atom stereocenters. The molecule has 0 unspecified atom stereocenters. The first-order valence-corrected chi connectivity index (χ1v) is 11.1. The predicted molar refractivity (Wildman–Crippen MR) is 110 cm³/mol. The molecule has 2 aliphatic rings. The van der Waals surface area contributed by atoms with Crippen molar-refractivity contribution in [2.75, 3.05) is 19.6 Å². The highest BCUT2D eigenvalue weighted by Gasteiger charge is 2.25. The molecule has 4 rings (SSSR count). The molecule has 2 fully saturated rings. The van der Waals surface area contributed by atoms with Gasteiger partial charge in [0.05, 0.1) is 4.88 Å². The maximum absolute atomic E-state index is 13.5. The Morgan fingerprint density at radius 3 is 2.67 bits per heavy atom. The lowest BCUT2D eigenvalue weighted by molar-refractivity contribution is 0.0905. The minimum atomic E-state index is -0.249. The molecule has 146 valence electrons. The molecule has 0 radical (unpaired) electrons. The van der Waals surface area contributed by atoms with Crippen LogP contribution in [0.5, 0.6) is 0 Å². The summed E-state index contributed by atoms with van der Waals surface area (Å²) in [7, 11) is 0. The van der Waals surface area contributed by atoms with E-state index in [4.69, 9.17) is 0 Å². The van der Waals surface area contributed by atoms with Crippen LogP contribution in [0.1, 0.15) is 60.2 Å². The van der Waals surface area contributed by atoms with Crippen LogP contribution >= 0.6 is 11.3 Å². The Morgan fingerprint density at radius 1 is 1.19 bits per heavy atom. The number of carbonyl (C=O) groups excluding carboxylic acids is 1. The highest BCUT2D eigenvalue weighted by atomic mass is 32.1. The third-order valence-electron chi connectivity index (χ3n) is 6.27. The molecule has 1 saturated heterocycles. The number of aryl methyl sites for hydroxylation is 1. The van der Waals surface area contributed by atoms with Crippen LogP contribution in [0.3, 0.4) is 0 Å². The lowest BCUT2D eigenvalue weighted by atomic mass is 9.88. The van der Waals surface area contributed by atoms with Crippen LogP contribution in [-0.2, 0) is 0 Å². The lowest BCUT2D eigenvalue weighted by Crippen LogP contribution is -2.45. The van der Waals surface area contributed by atoms with Gasteiger partial charge in [0.15, 0.2) is 0 Å². The number of rotatable bonds is 4. The monoisotopic (exact) mass is 388 g/mol. The van der Waals surface area contributed by atoms with Crippen molar-refractivity contribution < 1.29 is 9.18 Å². The van der Waals surface area contributed by atoms with E-state index in [1.807, 2.05) is 6.92 Å². The van der Waals surface area contributed by atoms with Gasteiger partial charge in [-0.05, 0) is 67.7 Å². The molecular weight excluding hydrogens is 359 g/mol. The standard InChI is InChI=1S/C22H29FN2OS/c1-15-19-13-17(23)7-8-20(19)27-21(15)22(26)24-18-9-11-25(12-10-18)14-16-5-3-2-4-6-16/h7-8,13,16,18H,2-6,9-12,14H2,1H3,(H,24,26). The van der Waals surface area contributed by atoms with Gasteiger partial charge in [0.1, 0.15) is 5.82 Å². The van der Waals surface area contributed by atoms with Gasteiger partial charge in [0.25, 0.3) is 5.91 Å². The van der Waals surface area contributed by atoms with E-state index in [9.17, 15) is 9.18 Å². The first kappa shape index (κ1) is 18.9. The topological polar surface area (TPSA) is 32.3 Å². The third-order valence-corrected chi connectivity index (χ3v) is 7.54. The Labute approximate surface area is 164 Å². The van der Waals surface area contributed by atoms with Crippen molar-refractivity contribution in [3.8, 4) is 0 Å². The number of nitrogens with one attached hydrogen (secondary N) is 1. The first-order valence-electron chi connectivity index (χ1n) is 10.3. The second kappa shape index (κ2) is 8.27. The fourth-order valence-corrected chi connectivity index (χ4v) is 5.75. The number of likely N-dealkylation sites (tertiary alicyclic amines) is 1. The van der Waals surface area contributed by atoms with Gasteiger partial charge in [-0.3, -0.25) is 4.79 Å². The molecule has 0 spiro atoms. The largest absolute Gasteiger partial charge is 0.349 e. The number of hydrogen-bond acceptors (Lipinski definition) is 3. The van der Waals surface area contributed by atoms with E-state index >= 15 is 0 Å². The molecular formula is C22H29FN2OS. The van der Waals surface area contributed by atoms with E-state index in [-0.39, 0.29) is 17.8 Å². The van der Waals surface area contributed by atoms with Crippen LogP contribution in [0.2, 0.25) is 0 Å². The number of piperidine rings is 1. The Hall–Kier alpha value is -1.46. The van der Waals surface area contributed by atoms with E-state index < -0.39 is 0 Å². The molecule has 5 heteroatoms. The number of benzene rings is 1. The molecule has 3 nitrogen and oxygen atoms in total. The fourth-order valence-electron chi connectivity index (χ4n) is 4.66. The maximum Gasteiger partial charge on any atom is 0.261 e. The van der Waals surface area contributed by atoms with Crippen molar-refractivity contribution in [3.05, 3.63) is 34.5 Å². The number of amides is 1. The van der Waals surface area contributed by atoms with Crippen molar-refractivity contribution >= 4 is 27.3 Å². The van der Waals surface area contributed by atoms with Crippen LogP contribution in [0.4, 0.5) is 4.39 Å². The molecule has 1 amide bonds. The Balaban J connectivity index is 1.32. The highest BCUT2D eigenvalue weighted by Crippen LogP contribution is 2.31. The summed E-state index contributed by atoms with van der Waals surface area (Å²) in [4.78, 5) is 16.1. The average molecular weight is 389 g/mol. The summed E-state index contributed by atoms with van der Waals surface area (Å²) in [5, 5.41) is 4.08. The summed E-state index contributed by atoms with van der Waals surface area (Å²) in [5.74, 6) is 0.631. The predicted octanol–water partition coefficient (Wildman–Crippen LogP) is 5.12. The number of nitrogens with zero attached hydrogens (tertiary/aromatic N) is 1. The number of thiophene rings is 1. The second-order valence-corrected chi connectivity index (χ2v) is 9.30. The van der Waals surface area contributed by atoms with E-state index in [0.717, 1.165) is 52.4 Å². The zero-order valence-electron chi connectivity index (χ0n) is 16.1. The Kier molecular flexibility index (Phi) is 5.79. The van der Waals surface area contributed by atoms with Gasteiger partial charge in [-0.15, -0.1) is 11.3 Å². The van der Waals surface area contributed by atoms with Gasteiger partial charge in [-0.1, -0.05) is 19.3 Å². The number of hydrogen-bond donors (Lipinski definition) is 1. The smallest absolute Gasteiger partial charge is 0.261 e. The summed E-state index contributed by atoms with van der Waals surface area (Å²) in [5.41, 5.74) is 0.890. The Morgan fingerprint density at radius 2 is 1.93 bits per heavy atom. The zero-order valence-corrected chi connectivity index (χ0v) is 16.9. The van der Waals surface area contributed by atoms with Gasteiger partial charge in [-0.25, -0.2) is 4.39 Å². The van der Waals surface area contributed by atoms with Crippen LogP contribution in [-0.4, -0.2) is 36.5 Å². The third kappa shape index (κ3) is 4.35. The van der Waals surface area contributed by atoms with Gasteiger partial charge in [0.2, 0.25) is 0 Å². The molecule has 27 heavy (non-hydrogen) atoms. The zero-order chi connectivity index (χ0) is 18.8. The average Bonchev–Trinajstić information content (AvgIpc) is 3.00. The van der Waals surface area contributed by atoms with E-state index in [1.54, 1.807) is 6.07 Å². The molecule has 1 aromatic heterocycles. The molecule has 1 N–H and O–H groups in total. The van der Waals surface area contributed by atoms with Crippen molar-refractivity contribution in [2.24, 2.45) is 5.92 Å². The maximum atomic E-state index is 13.5. The molecule has 2 aromatic rings. The van der Waals surface area contributed by atoms with Gasteiger partial charge < -0.3 is 10.2 Å². The quantitative estimate of drug-likeness (QED) is 0.788. The summed E-state index contributed by atoms with van der Waals surface area (Å²) >= 11 is 1.46. The van der Waals surface area contributed by atoms with Crippen LogP contribution < -0.4 is 5.32 Å². The number of fused-ring (bicyclic) bond motifs is 1. The summed E-state index contributed by atoms with van der Waals surface area (Å²) in [6.07, 6.45) is 9.04. The van der Waals surface area contributed by atoms with E-state index in [0.29, 0.717) is 0 Å². The highest BCUT2D eigenvalue weighted by molar-refractivity contribution is 7.21. The molecule has 1 aliphatic heterocycles. The minimum absolute atomic E-state index is 0.000149. The SMILES string of the molecule is Cc1c(C(=O)NC2CCN(CC3CCCCC3)CC2)sc2ccc(F)cc12. The van der Waals surface area contributed by atoms with E-state index in [2.05, 4.69) is 10.2 Å². The van der Waals surface area contributed by atoms with Crippen LogP contribution in [0.25, 0.3) is 10.1 Å². The van der Waals surface area contributed by atoms with Crippen molar-refractivity contribution in [1.29, 1.82) is 0 Å². The van der Waals surface area contributed by atoms with Crippen molar-refractivity contribution in [3.63, 3.8) is 0 Å². The molecule has 1 aliphatic carbocycles. The first-order chi connectivity index (χ1) is 13.1. The number of carbonyl (C=O) groups is 1. The van der Waals surface area contributed by atoms with Crippen molar-refractivity contribution in [2.45, 2.75) is 57.9 Å². The molecule has 0 bridgehead atoms. The minimum Gasteiger partial charge on any atom is -0.349 e. The molecule has 2 heterocycles. The van der Waals surface area contributed by atoms with Crippen LogP contribution in [0, 0.1) is 18.7 Å². The van der Waals surface area contributed by atoms with E-state index in [1.165, 1.54) is 62.1 Å². The van der Waals surface area contributed by atoms with Gasteiger partial charge in [-0.2, -0.15) is 0 Å². The van der Waals surface area contributed by atoms with Gasteiger partial charge >= 0.3 is 0 Å². The molecule has 1 saturated carbocycles. The summed E-state index contributed by atoms with van der Waals surface area (Å²) in [6.45, 7) is 5.32. The normalized spacial score (nSPS) is 20.2.